The van der Waals surface area contributed by atoms with Crippen molar-refractivity contribution in [2.75, 3.05) is 11.9 Å². The largest absolute Gasteiger partial charge is 0.508 e. The predicted molar refractivity (Wildman–Crippen MR) is 103 cm³/mol. The lowest BCUT2D eigenvalue weighted by Crippen LogP contribution is -2.16. The number of phenols is 1. The van der Waals surface area contributed by atoms with Crippen molar-refractivity contribution in [3.05, 3.63) is 46.9 Å². The quantitative estimate of drug-likeness (QED) is 0.463. The minimum atomic E-state index is -4.30. The number of carbonyl (C=O) groups excluding carboxylic acids is 1. The van der Waals surface area contributed by atoms with Crippen molar-refractivity contribution < 1.29 is 31.5 Å². The number of rotatable bonds is 7. The van der Waals surface area contributed by atoms with Gasteiger partial charge in [-0.25, -0.2) is 22.6 Å². The molecule has 1 atom stereocenters. The number of phenolic OH excluding ortho intramolecular Hbond substituents is 1. The van der Waals surface area contributed by atoms with Crippen molar-refractivity contribution in [3.8, 4) is 5.75 Å². The van der Waals surface area contributed by atoms with Crippen LogP contribution in [-0.2, 0) is 14.8 Å². The number of aldehydes is 1. The van der Waals surface area contributed by atoms with E-state index in [0.717, 1.165) is 24.4 Å². The highest BCUT2D eigenvalue weighted by atomic mass is 35.5. The average molecular weight is 463 g/mol. The second-order valence-electron chi connectivity index (χ2n) is 6.26. The van der Waals surface area contributed by atoms with Gasteiger partial charge in [0.15, 0.2) is 0 Å². The number of nitrogens with one attached hydrogen (secondary N) is 1. The fourth-order valence-electron chi connectivity index (χ4n) is 2.90. The minimum absolute atomic E-state index is 0.0846. The highest BCUT2D eigenvalue weighted by molar-refractivity contribution is 7.89. The molecule has 0 spiro atoms. The Morgan fingerprint density at radius 2 is 2.03 bits per heavy atom. The summed E-state index contributed by atoms with van der Waals surface area (Å²) in [5.74, 6) is -2.36. The Bertz CT molecular complexity index is 1230. The smallest absolute Gasteiger partial charge is 0.333 e. The number of aromatic nitrogens is 2. The monoisotopic (exact) mass is 462 g/mol. The molecular formula is C17H14ClF3N4O4S. The van der Waals surface area contributed by atoms with Gasteiger partial charge in [0.2, 0.25) is 10.0 Å². The first kappa shape index (κ1) is 21.9. The topological polar surface area (TPSA) is 127 Å². The number of halogens is 4. The van der Waals surface area contributed by atoms with Crippen LogP contribution in [0.1, 0.15) is 18.0 Å². The van der Waals surface area contributed by atoms with Gasteiger partial charge < -0.3 is 15.2 Å². The zero-order valence-corrected chi connectivity index (χ0v) is 16.5. The molecule has 30 heavy (non-hydrogen) atoms. The van der Waals surface area contributed by atoms with E-state index >= 15 is 0 Å². The SMILES string of the molecule is NS(=O)(=O)c1cc(NCC(C=O)c2c(O)ccc(F)c2Cl)cc2nn(C(F)F)cc12. The Kier molecular flexibility index (Phi) is 5.92. The van der Waals surface area contributed by atoms with Crippen LogP contribution in [0.25, 0.3) is 10.9 Å². The van der Waals surface area contributed by atoms with Crippen molar-refractivity contribution in [3.63, 3.8) is 0 Å². The first-order valence-electron chi connectivity index (χ1n) is 8.22. The third-order valence-electron chi connectivity index (χ3n) is 4.28. The summed E-state index contributed by atoms with van der Waals surface area (Å²) >= 11 is 5.85. The lowest BCUT2D eigenvalue weighted by atomic mass is 9.99. The first-order valence-corrected chi connectivity index (χ1v) is 10.1. The zero-order valence-electron chi connectivity index (χ0n) is 14.9. The molecule has 1 aromatic heterocycles. The maximum atomic E-state index is 13.7. The van der Waals surface area contributed by atoms with Crippen LogP contribution in [0.2, 0.25) is 5.02 Å². The zero-order chi connectivity index (χ0) is 22.2. The summed E-state index contributed by atoms with van der Waals surface area (Å²) in [5, 5.41) is 20.9. The Labute approximate surface area is 173 Å². The number of primary sulfonamides is 1. The third kappa shape index (κ3) is 4.20. The first-order chi connectivity index (χ1) is 14.0. The van der Waals surface area contributed by atoms with Gasteiger partial charge in [-0.05, 0) is 24.3 Å². The van der Waals surface area contributed by atoms with E-state index in [1.165, 1.54) is 6.07 Å². The lowest BCUT2D eigenvalue weighted by molar-refractivity contribution is -0.108. The normalized spacial score (nSPS) is 13.0. The van der Waals surface area contributed by atoms with Gasteiger partial charge in [0, 0.05) is 29.4 Å². The van der Waals surface area contributed by atoms with Crippen LogP contribution in [0, 0.1) is 5.82 Å². The summed E-state index contributed by atoms with van der Waals surface area (Å²) in [7, 11) is -4.30. The Balaban J connectivity index is 1.99. The summed E-state index contributed by atoms with van der Waals surface area (Å²) in [4.78, 5) is 11.1. The second kappa shape index (κ2) is 8.13. The molecule has 0 saturated heterocycles. The van der Waals surface area contributed by atoms with E-state index in [2.05, 4.69) is 10.4 Å². The highest BCUT2D eigenvalue weighted by Crippen LogP contribution is 2.34. The van der Waals surface area contributed by atoms with E-state index in [-0.39, 0.29) is 33.4 Å². The Morgan fingerprint density at radius 3 is 2.63 bits per heavy atom. The molecule has 0 fully saturated rings. The lowest BCUT2D eigenvalue weighted by Gasteiger charge is -2.16. The van der Waals surface area contributed by atoms with Crippen LogP contribution < -0.4 is 10.5 Å². The standard InChI is InChI=1S/C17H14ClF3N4O4S/c18-16-11(19)1-2-13(27)15(16)8(7-26)5-23-9-3-12-10(6-25(24-12)17(20)21)14(4-9)30(22,28)29/h1-4,6-8,17,23,27H,5H2,(H2,22,28,29). The summed E-state index contributed by atoms with van der Waals surface area (Å²) in [6.07, 6.45) is 1.26. The van der Waals surface area contributed by atoms with E-state index in [1.54, 1.807) is 0 Å². The van der Waals surface area contributed by atoms with Crippen LogP contribution in [0.5, 0.6) is 5.75 Å². The van der Waals surface area contributed by atoms with Crippen molar-refractivity contribution in [1.29, 1.82) is 0 Å². The van der Waals surface area contributed by atoms with Gasteiger partial charge in [-0.2, -0.15) is 13.9 Å². The van der Waals surface area contributed by atoms with Crippen LogP contribution in [0.4, 0.5) is 18.9 Å². The maximum Gasteiger partial charge on any atom is 0.333 e. The maximum absolute atomic E-state index is 13.7. The van der Waals surface area contributed by atoms with Gasteiger partial charge >= 0.3 is 6.55 Å². The van der Waals surface area contributed by atoms with Gasteiger partial charge in [0.05, 0.1) is 21.4 Å². The number of sulfonamides is 1. The van der Waals surface area contributed by atoms with Crippen LogP contribution in [0.3, 0.4) is 0 Å². The molecule has 0 bridgehead atoms. The predicted octanol–water partition coefficient (Wildman–Crippen LogP) is 2.97. The molecule has 0 aliphatic rings. The van der Waals surface area contributed by atoms with Gasteiger partial charge in [-0.3, -0.25) is 0 Å². The molecule has 1 unspecified atom stereocenters. The molecule has 160 valence electrons. The molecule has 8 nitrogen and oxygen atoms in total. The summed E-state index contributed by atoms with van der Waals surface area (Å²) in [6.45, 7) is -3.23. The van der Waals surface area contributed by atoms with Crippen LogP contribution in [-0.4, -0.2) is 36.1 Å². The molecule has 0 amide bonds. The van der Waals surface area contributed by atoms with Gasteiger partial charge in [-0.15, -0.1) is 0 Å². The summed E-state index contributed by atoms with van der Waals surface area (Å²) in [6, 6.07) is 4.33. The number of anilines is 1. The highest BCUT2D eigenvalue weighted by Gasteiger charge is 2.23. The van der Waals surface area contributed by atoms with E-state index in [1.807, 2.05) is 0 Å². The third-order valence-corrected chi connectivity index (χ3v) is 5.62. The van der Waals surface area contributed by atoms with E-state index in [4.69, 9.17) is 16.7 Å². The minimum Gasteiger partial charge on any atom is -0.508 e. The number of hydrogen-bond donors (Lipinski definition) is 3. The fourth-order valence-corrected chi connectivity index (χ4v) is 3.96. The molecule has 4 N–H and O–H groups in total. The molecule has 0 aliphatic heterocycles. The summed E-state index contributed by atoms with van der Waals surface area (Å²) in [5.41, 5.74) is -0.155. The van der Waals surface area contributed by atoms with Crippen molar-refractivity contribution in [2.45, 2.75) is 17.4 Å². The Morgan fingerprint density at radius 1 is 1.33 bits per heavy atom. The number of carbonyl (C=O) groups is 1. The number of nitrogens with zero attached hydrogens (tertiary/aromatic N) is 2. The molecule has 0 radical (unpaired) electrons. The molecule has 3 rings (SSSR count). The Hall–Kier alpha value is -2.83. The summed E-state index contributed by atoms with van der Waals surface area (Å²) < 4.78 is 63.6. The van der Waals surface area contributed by atoms with Crippen molar-refractivity contribution >= 4 is 44.5 Å². The van der Waals surface area contributed by atoms with Crippen molar-refractivity contribution in [2.24, 2.45) is 5.14 Å². The number of nitrogens with two attached hydrogens (primary N) is 1. The molecule has 13 heteroatoms. The number of alkyl halides is 2. The molecule has 0 aliphatic carbocycles. The van der Waals surface area contributed by atoms with Crippen LogP contribution in [0.15, 0.2) is 35.4 Å². The van der Waals surface area contributed by atoms with Gasteiger partial charge in [0.1, 0.15) is 17.9 Å². The molecule has 3 aromatic rings. The van der Waals surface area contributed by atoms with Crippen molar-refractivity contribution in [1.82, 2.24) is 9.78 Å². The average Bonchev–Trinajstić information content (AvgIpc) is 3.10. The van der Waals surface area contributed by atoms with Gasteiger partial charge in [-0.1, -0.05) is 11.6 Å². The number of hydrogen-bond acceptors (Lipinski definition) is 6. The second-order valence-corrected chi connectivity index (χ2v) is 8.16. The molecule has 2 aromatic carbocycles. The van der Waals surface area contributed by atoms with E-state index < -0.39 is 44.0 Å². The van der Waals surface area contributed by atoms with E-state index in [0.29, 0.717) is 6.29 Å². The fraction of sp³-hybridized carbons (Fsp3) is 0.176. The number of aromatic hydroxyl groups is 1. The van der Waals surface area contributed by atoms with Crippen LogP contribution >= 0.6 is 11.6 Å². The number of benzene rings is 2. The molecule has 0 saturated carbocycles. The van der Waals surface area contributed by atoms with E-state index in [9.17, 15) is 31.5 Å². The number of fused-ring (bicyclic) bond motifs is 1. The van der Waals surface area contributed by atoms with Gasteiger partial charge in [0.25, 0.3) is 0 Å². The molecular weight excluding hydrogens is 449 g/mol. The molecule has 1 heterocycles.